The summed E-state index contributed by atoms with van der Waals surface area (Å²) in [4.78, 5) is 19.4. The summed E-state index contributed by atoms with van der Waals surface area (Å²) in [6.45, 7) is 0. The Morgan fingerprint density at radius 1 is 1.32 bits per heavy atom. The average molecular weight is 303 g/mol. The Balaban J connectivity index is 2.25. The van der Waals surface area contributed by atoms with E-state index in [1.165, 1.54) is 19.5 Å². The molecule has 0 aliphatic rings. The summed E-state index contributed by atoms with van der Waals surface area (Å²) in [7, 11) is 1.43. The Kier molecular flexibility index (Phi) is 3.25. The zero-order valence-electron chi connectivity index (χ0n) is 11.5. The molecule has 112 valence electrons. The number of methoxy groups -OCH3 is 1. The number of nitrogens with one attached hydrogen (secondary N) is 1. The van der Waals surface area contributed by atoms with E-state index in [1.807, 2.05) is 0 Å². The van der Waals surface area contributed by atoms with Crippen LogP contribution in [-0.2, 0) is 0 Å². The predicted octanol–water partition coefficient (Wildman–Crippen LogP) is 2.66. The highest BCUT2D eigenvalue weighted by atomic mass is 19.1. The molecule has 22 heavy (non-hydrogen) atoms. The summed E-state index contributed by atoms with van der Waals surface area (Å²) in [5.74, 6) is -2.52. The molecule has 3 aromatic rings. The molecule has 2 aromatic heterocycles. The number of nitrogens with zero attached hydrogens (tertiary/aromatic N) is 1. The lowest BCUT2D eigenvalue weighted by Gasteiger charge is -2.07. The average Bonchev–Trinajstić information content (AvgIpc) is 2.95. The van der Waals surface area contributed by atoms with Crippen molar-refractivity contribution in [1.82, 2.24) is 9.97 Å². The number of hydrogen-bond acceptors (Lipinski definition) is 4. The SMILES string of the molecule is COc1ccnc2[nH]cc(C(=O)c3c(F)ccc(N)c3F)c12. The van der Waals surface area contributed by atoms with Gasteiger partial charge in [-0.25, -0.2) is 13.8 Å². The van der Waals surface area contributed by atoms with Crippen molar-refractivity contribution in [1.29, 1.82) is 0 Å². The van der Waals surface area contributed by atoms with Gasteiger partial charge in [-0.15, -0.1) is 0 Å². The first kappa shape index (κ1) is 14.0. The Hall–Kier alpha value is -2.96. The minimum atomic E-state index is -1.08. The molecule has 0 atom stereocenters. The van der Waals surface area contributed by atoms with Crippen LogP contribution >= 0.6 is 0 Å². The van der Waals surface area contributed by atoms with Crippen LogP contribution in [-0.4, -0.2) is 22.9 Å². The van der Waals surface area contributed by atoms with Crippen LogP contribution in [0.2, 0.25) is 0 Å². The van der Waals surface area contributed by atoms with Crippen molar-refractivity contribution >= 4 is 22.5 Å². The largest absolute Gasteiger partial charge is 0.496 e. The zero-order chi connectivity index (χ0) is 15.9. The van der Waals surface area contributed by atoms with Crippen LogP contribution in [0.3, 0.4) is 0 Å². The highest BCUT2D eigenvalue weighted by molar-refractivity contribution is 6.17. The maximum absolute atomic E-state index is 14.0. The van der Waals surface area contributed by atoms with E-state index < -0.39 is 23.0 Å². The van der Waals surface area contributed by atoms with Gasteiger partial charge in [0, 0.05) is 12.4 Å². The quantitative estimate of drug-likeness (QED) is 0.576. The maximum Gasteiger partial charge on any atom is 0.201 e. The molecule has 0 fully saturated rings. The first-order valence-electron chi connectivity index (χ1n) is 6.32. The van der Waals surface area contributed by atoms with E-state index in [-0.39, 0.29) is 11.3 Å². The summed E-state index contributed by atoms with van der Waals surface area (Å²) < 4.78 is 33.1. The second-order valence-electron chi connectivity index (χ2n) is 4.59. The third-order valence-corrected chi connectivity index (χ3v) is 3.35. The molecule has 0 aliphatic carbocycles. The number of ketones is 1. The van der Waals surface area contributed by atoms with Crippen molar-refractivity contribution in [3.05, 3.63) is 53.4 Å². The van der Waals surface area contributed by atoms with E-state index in [4.69, 9.17) is 10.5 Å². The number of aromatic amines is 1. The fraction of sp³-hybridized carbons (Fsp3) is 0.0667. The normalized spacial score (nSPS) is 10.9. The summed E-state index contributed by atoms with van der Waals surface area (Å²) >= 11 is 0. The summed E-state index contributed by atoms with van der Waals surface area (Å²) in [5, 5.41) is 0.358. The van der Waals surface area contributed by atoms with E-state index in [2.05, 4.69) is 9.97 Å². The topological polar surface area (TPSA) is 81.0 Å². The number of fused-ring (bicyclic) bond motifs is 1. The fourth-order valence-corrected chi connectivity index (χ4v) is 2.29. The maximum atomic E-state index is 14.0. The molecule has 0 saturated carbocycles. The Labute approximate surface area is 123 Å². The number of rotatable bonds is 3. The molecule has 0 bridgehead atoms. The number of carbonyl (C=O) groups excluding carboxylic acids is 1. The number of aromatic nitrogens is 2. The number of pyridine rings is 1. The Morgan fingerprint density at radius 3 is 2.82 bits per heavy atom. The van der Waals surface area contributed by atoms with E-state index in [0.717, 1.165) is 12.1 Å². The van der Waals surface area contributed by atoms with Crippen molar-refractivity contribution in [3.63, 3.8) is 0 Å². The molecule has 1 aromatic carbocycles. The number of nitrogen functional groups attached to an aromatic ring is 1. The van der Waals surface area contributed by atoms with E-state index in [0.29, 0.717) is 16.8 Å². The summed E-state index contributed by atoms with van der Waals surface area (Å²) in [5.41, 5.74) is 4.85. The van der Waals surface area contributed by atoms with Gasteiger partial charge in [-0.05, 0) is 18.2 Å². The van der Waals surface area contributed by atoms with Crippen molar-refractivity contribution < 1.29 is 18.3 Å². The second kappa shape index (κ2) is 5.10. The number of ether oxygens (including phenoxy) is 1. The standard InChI is InChI=1S/C15H11F2N3O2/c1-22-10-4-5-19-15-11(10)7(6-20-15)14(21)12-8(16)2-3-9(18)13(12)17/h2-6H,18H2,1H3,(H,19,20). The molecule has 0 amide bonds. The molecule has 0 radical (unpaired) electrons. The van der Waals surface area contributed by atoms with Crippen molar-refractivity contribution in [3.8, 4) is 5.75 Å². The molecule has 0 aliphatic heterocycles. The Bertz CT molecular complexity index is 890. The smallest absolute Gasteiger partial charge is 0.201 e. The molecule has 0 spiro atoms. The highest BCUT2D eigenvalue weighted by Gasteiger charge is 2.25. The Morgan fingerprint density at radius 2 is 2.09 bits per heavy atom. The van der Waals surface area contributed by atoms with Crippen LogP contribution in [0.25, 0.3) is 11.0 Å². The van der Waals surface area contributed by atoms with Crippen LogP contribution < -0.4 is 10.5 Å². The van der Waals surface area contributed by atoms with E-state index in [1.54, 1.807) is 6.07 Å². The number of carbonyl (C=O) groups is 1. The second-order valence-corrected chi connectivity index (χ2v) is 4.59. The molecule has 0 saturated heterocycles. The molecule has 5 nitrogen and oxygen atoms in total. The van der Waals surface area contributed by atoms with Gasteiger partial charge in [0.2, 0.25) is 5.78 Å². The van der Waals surface area contributed by atoms with Gasteiger partial charge in [0.05, 0.1) is 29.3 Å². The minimum Gasteiger partial charge on any atom is -0.496 e. The third-order valence-electron chi connectivity index (χ3n) is 3.35. The highest BCUT2D eigenvalue weighted by Crippen LogP contribution is 2.30. The predicted molar refractivity (Wildman–Crippen MR) is 76.8 cm³/mol. The number of H-pyrrole nitrogens is 1. The lowest BCUT2D eigenvalue weighted by atomic mass is 10.0. The van der Waals surface area contributed by atoms with Gasteiger partial charge in [0.25, 0.3) is 0 Å². The first-order valence-corrected chi connectivity index (χ1v) is 6.32. The van der Waals surface area contributed by atoms with Gasteiger partial charge in [0.15, 0.2) is 5.82 Å². The van der Waals surface area contributed by atoms with Crippen molar-refractivity contribution in [2.75, 3.05) is 12.8 Å². The summed E-state index contributed by atoms with van der Waals surface area (Å²) in [6, 6.07) is 3.58. The van der Waals surface area contributed by atoms with Gasteiger partial charge >= 0.3 is 0 Å². The number of hydrogen-bond donors (Lipinski definition) is 2. The molecule has 0 unspecified atom stereocenters. The lowest BCUT2D eigenvalue weighted by Crippen LogP contribution is -2.09. The molecule has 7 heteroatoms. The van der Waals surface area contributed by atoms with Crippen molar-refractivity contribution in [2.24, 2.45) is 0 Å². The number of anilines is 1. The van der Waals surface area contributed by atoms with Gasteiger partial charge < -0.3 is 15.5 Å². The third kappa shape index (κ3) is 1.98. The van der Waals surface area contributed by atoms with Gasteiger partial charge in [-0.2, -0.15) is 0 Å². The molecule has 3 N–H and O–H groups in total. The zero-order valence-corrected chi connectivity index (χ0v) is 11.5. The van der Waals surface area contributed by atoms with E-state index in [9.17, 15) is 13.6 Å². The van der Waals surface area contributed by atoms with Gasteiger partial charge in [-0.3, -0.25) is 4.79 Å². The van der Waals surface area contributed by atoms with Crippen LogP contribution in [0, 0.1) is 11.6 Å². The monoisotopic (exact) mass is 303 g/mol. The fourth-order valence-electron chi connectivity index (χ4n) is 2.29. The molecule has 2 heterocycles. The van der Waals surface area contributed by atoms with Crippen LogP contribution in [0.1, 0.15) is 15.9 Å². The minimum absolute atomic E-state index is 0.0587. The van der Waals surface area contributed by atoms with Crippen LogP contribution in [0.15, 0.2) is 30.6 Å². The van der Waals surface area contributed by atoms with Crippen LogP contribution in [0.5, 0.6) is 5.75 Å². The molecule has 3 rings (SSSR count). The van der Waals surface area contributed by atoms with Crippen molar-refractivity contribution in [2.45, 2.75) is 0 Å². The van der Waals surface area contributed by atoms with Gasteiger partial charge in [0.1, 0.15) is 17.2 Å². The van der Waals surface area contributed by atoms with Crippen LogP contribution in [0.4, 0.5) is 14.5 Å². The number of halogens is 2. The first-order chi connectivity index (χ1) is 10.5. The van der Waals surface area contributed by atoms with E-state index >= 15 is 0 Å². The molecular formula is C15H11F2N3O2. The lowest BCUT2D eigenvalue weighted by molar-refractivity contribution is 0.103. The number of nitrogens with two attached hydrogens (primary N) is 1. The molecular weight excluding hydrogens is 292 g/mol. The summed E-state index contributed by atoms with van der Waals surface area (Å²) in [6.07, 6.45) is 2.83. The van der Waals surface area contributed by atoms with Gasteiger partial charge in [-0.1, -0.05) is 0 Å². The number of benzene rings is 1.